The maximum Gasteiger partial charge on any atom is 0.327 e. The Morgan fingerprint density at radius 1 is 1.35 bits per heavy atom. The Balaban J connectivity index is 3.03. The summed E-state index contributed by atoms with van der Waals surface area (Å²) in [5.41, 5.74) is 6.70. The van der Waals surface area contributed by atoms with Crippen molar-refractivity contribution in [3.8, 4) is 0 Å². The Hall–Kier alpha value is -1.00. The predicted octanol–water partition coefficient (Wildman–Crippen LogP) is 2.75. The van der Waals surface area contributed by atoms with E-state index in [1.54, 1.807) is 11.8 Å². The van der Waals surface area contributed by atoms with Crippen molar-refractivity contribution in [2.24, 2.45) is 5.73 Å². The minimum atomic E-state index is -0.717. The van der Waals surface area contributed by atoms with Crippen molar-refractivity contribution in [1.82, 2.24) is 0 Å². The van der Waals surface area contributed by atoms with Crippen LogP contribution in [-0.4, -0.2) is 17.8 Å². The highest BCUT2D eigenvalue weighted by Gasteiger charge is 2.22. The van der Waals surface area contributed by atoms with Crippen LogP contribution in [0.5, 0.6) is 0 Å². The van der Waals surface area contributed by atoms with Gasteiger partial charge in [-0.1, -0.05) is 39.0 Å². The fourth-order valence-electron chi connectivity index (χ4n) is 1.41. The van der Waals surface area contributed by atoms with Gasteiger partial charge in [-0.25, -0.2) is 0 Å². The summed E-state index contributed by atoms with van der Waals surface area (Å²) in [6.07, 6.45) is 0. The smallest absolute Gasteiger partial charge is 0.327 e. The van der Waals surface area contributed by atoms with Crippen molar-refractivity contribution in [3.63, 3.8) is 0 Å². The van der Waals surface area contributed by atoms with Gasteiger partial charge in [0.05, 0.1) is 7.11 Å². The monoisotopic (exact) mass is 253 g/mol. The van der Waals surface area contributed by atoms with Crippen LogP contribution in [0.2, 0.25) is 0 Å². The Bertz CT molecular complexity index is 399. The highest BCUT2D eigenvalue weighted by molar-refractivity contribution is 8.00. The van der Waals surface area contributed by atoms with Gasteiger partial charge >= 0.3 is 5.97 Å². The van der Waals surface area contributed by atoms with E-state index in [9.17, 15) is 4.79 Å². The van der Waals surface area contributed by atoms with Gasteiger partial charge in [0.15, 0.2) is 0 Å². The fraction of sp³-hybridized carbons (Fsp3) is 0.462. The molecule has 17 heavy (non-hydrogen) atoms. The standard InChI is InChI=1S/C13H19NO2S/c1-13(2,3)17-10-8-6-5-7-9(10)11(14)12(15)16-4/h5-8,11H,14H2,1-4H3/t11-/m1/s1. The van der Waals surface area contributed by atoms with Crippen LogP contribution in [0.15, 0.2) is 29.2 Å². The van der Waals surface area contributed by atoms with Crippen LogP contribution in [0.4, 0.5) is 0 Å². The van der Waals surface area contributed by atoms with Gasteiger partial charge in [-0.05, 0) is 11.6 Å². The van der Waals surface area contributed by atoms with E-state index in [0.717, 1.165) is 10.5 Å². The number of ether oxygens (including phenoxy) is 1. The molecule has 0 aromatic heterocycles. The summed E-state index contributed by atoms with van der Waals surface area (Å²) < 4.78 is 4.75. The first-order valence-corrected chi connectivity index (χ1v) is 6.28. The molecule has 0 unspecified atom stereocenters. The van der Waals surface area contributed by atoms with Crippen LogP contribution in [0.25, 0.3) is 0 Å². The Morgan fingerprint density at radius 3 is 2.47 bits per heavy atom. The normalized spacial score (nSPS) is 13.2. The molecule has 0 saturated carbocycles. The molecule has 0 aliphatic carbocycles. The summed E-state index contributed by atoms with van der Waals surface area (Å²) in [6, 6.07) is 6.96. The van der Waals surface area contributed by atoms with Crippen LogP contribution in [0.1, 0.15) is 32.4 Å². The Kier molecular flexibility index (Phi) is 4.60. The van der Waals surface area contributed by atoms with Crippen molar-refractivity contribution >= 4 is 17.7 Å². The predicted molar refractivity (Wildman–Crippen MR) is 71.0 cm³/mol. The second-order valence-corrected chi connectivity index (χ2v) is 6.62. The summed E-state index contributed by atoms with van der Waals surface area (Å²) in [5.74, 6) is -0.410. The van der Waals surface area contributed by atoms with E-state index in [-0.39, 0.29) is 4.75 Å². The molecule has 1 aromatic carbocycles. The van der Waals surface area contributed by atoms with E-state index >= 15 is 0 Å². The molecule has 0 aliphatic heterocycles. The molecule has 3 nitrogen and oxygen atoms in total. The molecule has 1 atom stereocenters. The lowest BCUT2D eigenvalue weighted by Crippen LogP contribution is -2.23. The number of esters is 1. The number of benzene rings is 1. The molecular formula is C13H19NO2S. The molecule has 1 aromatic rings. The van der Waals surface area contributed by atoms with E-state index in [4.69, 9.17) is 5.73 Å². The van der Waals surface area contributed by atoms with Crippen LogP contribution >= 0.6 is 11.8 Å². The van der Waals surface area contributed by atoms with Crippen molar-refractivity contribution in [2.45, 2.75) is 36.5 Å². The summed E-state index contributed by atoms with van der Waals surface area (Å²) in [6.45, 7) is 6.37. The lowest BCUT2D eigenvalue weighted by Gasteiger charge is -2.21. The largest absolute Gasteiger partial charge is 0.468 e. The molecule has 0 heterocycles. The summed E-state index contributed by atoms with van der Waals surface area (Å²) in [4.78, 5) is 12.5. The maximum absolute atomic E-state index is 11.5. The van der Waals surface area contributed by atoms with Crippen LogP contribution in [0, 0.1) is 0 Å². The summed E-state index contributed by atoms with van der Waals surface area (Å²) >= 11 is 1.70. The van der Waals surface area contributed by atoms with E-state index in [2.05, 4.69) is 25.5 Å². The molecule has 0 bridgehead atoms. The average molecular weight is 253 g/mol. The summed E-state index contributed by atoms with van der Waals surface area (Å²) in [5, 5.41) is 0. The molecule has 4 heteroatoms. The second-order valence-electron chi connectivity index (χ2n) is 4.75. The SMILES string of the molecule is COC(=O)[C@H](N)c1ccccc1SC(C)(C)C. The summed E-state index contributed by atoms with van der Waals surface area (Å²) in [7, 11) is 1.35. The van der Waals surface area contributed by atoms with Gasteiger partial charge in [-0.3, -0.25) is 4.79 Å². The lowest BCUT2D eigenvalue weighted by molar-refractivity contribution is -0.142. The number of methoxy groups -OCH3 is 1. The maximum atomic E-state index is 11.5. The minimum Gasteiger partial charge on any atom is -0.468 e. The minimum absolute atomic E-state index is 0.0753. The molecule has 0 saturated heterocycles. The van der Waals surface area contributed by atoms with Gasteiger partial charge in [0.1, 0.15) is 6.04 Å². The third kappa shape index (κ3) is 4.06. The van der Waals surface area contributed by atoms with Crippen molar-refractivity contribution in [2.75, 3.05) is 7.11 Å². The first-order chi connectivity index (χ1) is 7.85. The molecule has 1 rings (SSSR count). The molecule has 0 radical (unpaired) electrons. The number of carbonyl (C=O) groups excluding carboxylic acids is 1. The molecule has 0 amide bonds. The first-order valence-electron chi connectivity index (χ1n) is 5.46. The zero-order valence-electron chi connectivity index (χ0n) is 10.7. The first kappa shape index (κ1) is 14.1. The number of carbonyl (C=O) groups is 1. The zero-order valence-corrected chi connectivity index (χ0v) is 11.5. The number of rotatable bonds is 3. The van der Waals surface area contributed by atoms with Crippen LogP contribution < -0.4 is 5.73 Å². The van der Waals surface area contributed by atoms with Gasteiger partial charge in [-0.2, -0.15) is 0 Å². The molecule has 0 fully saturated rings. The molecule has 0 aliphatic rings. The average Bonchev–Trinajstić information content (AvgIpc) is 2.25. The molecule has 94 valence electrons. The van der Waals surface area contributed by atoms with Crippen LogP contribution in [0.3, 0.4) is 0 Å². The van der Waals surface area contributed by atoms with Crippen molar-refractivity contribution < 1.29 is 9.53 Å². The number of nitrogens with two attached hydrogens (primary N) is 1. The van der Waals surface area contributed by atoms with Crippen molar-refractivity contribution in [1.29, 1.82) is 0 Å². The molecule has 2 N–H and O–H groups in total. The van der Waals surface area contributed by atoms with Gasteiger partial charge in [0.25, 0.3) is 0 Å². The third-order valence-electron chi connectivity index (χ3n) is 2.13. The molecule has 0 spiro atoms. The van der Waals surface area contributed by atoms with E-state index in [0.29, 0.717) is 0 Å². The lowest BCUT2D eigenvalue weighted by atomic mass is 10.1. The van der Waals surface area contributed by atoms with Gasteiger partial charge < -0.3 is 10.5 Å². The third-order valence-corrected chi connectivity index (χ3v) is 3.33. The van der Waals surface area contributed by atoms with Crippen LogP contribution in [-0.2, 0) is 9.53 Å². The Labute approximate surface area is 107 Å². The number of thioether (sulfide) groups is 1. The second kappa shape index (κ2) is 5.56. The molecular weight excluding hydrogens is 234 g/mol. The van der Waals surface area contributed by atoms with E-state index in [1.165, 1.54) is 7.11 Å². The van der Waals surface area contributed by atoms with Gasteiger partial charge in [0.2, 0.25) is 0 Å². The number of hydrogen-bond donors (Lipinski definition) is 1. The highest BCUT2D eigenvalue weighted by Crippen LogP contribution is 2.35. The Morgan fingerprint density at radius 2 is 1.94 bits per heavy atom. The van der Waals surface area contributed by atoms with Gasteiger partial charge in [-0.15, -0.1) is 11.8 Å². The topological polar surface area (TPSA) is 52.3 Å². The fourth-order valence-corrected chi connectivity index (χ4v) is 2.53. The number of hydrogen-bond acceptors (Lipinski definition) is 4. The van der Waals surface area contributed by atoms with Gasteiger partial charge in [0, 0.05) is 9.64 Å². The highest BCUT2D eigenvalue weighted by atomic mass is 32.2. The van der Waals surface area contributed by atoms with E-state index < -0.39 is 12.0 Å². The zero-order chi connectivity index (χ0) is 13.1. The quantitative estimate of drug-likeness (QED) is 0.665. The van der Waals surface area contributed by atoms with E-state index in [1.807, 2.05) is 24.3 Å². The van der Waals surface area contributed by atoms with Crippen molar-refractivity contribution in [3.05, 3.63) is 29.8 Å².